The molecule has 0 spiro atoms. The van der Waals surface area contributed by atoms with Crippen LogP contribution in [0.1, 0.15) is 26.7 Å². The van der Waals surface area contributed by atoms with Crippen molar-refractivity contribution in [3.8, 4) is 0 Å². The molecule has 0 saturated heterocycles. The first kappa shape index (κ1) is 21.7. The van der Waals surface area contributed by atoms with Crippen LogP contribution in [0.25, 0.3) is 0 Å². The highest BCUT2D eigenvalue weighted by molar-refractivity contribution is 14.1. The Labute approximate surface area is 184 Å². The van der Waals surface area contributed by atoms with Crippen LogP contribution in [0.5, 0.6) is 0 Å². The molecule has 0 N–H and O–H groups in total. The minimum Gasteiger partial charge on any atom is -0.257 e. The molecule has 2 aliphatic carbocycles. The van der Waals surface area contributed by atoms with Gasteiger partial charge in [-0.3, -0.25) is 4.99 Å². The van der Waals surface area contributed by atoms with Gasteiger partial charge in [-0.2, -0.15) is 24.9 Å². The van der Waals surface area contributed by atoms with Crippen LogP contribution < -0.4 is 0 Å². The molecule has 9 heteroatoms. The molecule has 0 radical (unpaired) electrons. The number of rotatable bonds is 3. The van der Waals surface area contributed by atoms with E-state index in [1.165, 1.54) is 6.08 Å². The molecule has 4 atom stereocenters. The summed E-state index contributed by atoms with van der Waals surface area (Å²) in [5, 5.41) is 1.09. The lowest BCUT2D eigenvalue weighted by Gasteiger charge is -2.39. The summed E-state index contributed by atoms with van der Waals surface area (Å²) in [6, 6.07) is -0.687. The van der Waals surface area contributed by atoms with Crippen LogP contribution >= 0.6 is 57.6 Å². The number of thioether (sulfide) groups is 1. The van der Waals surface area contributed by atoms with E-state index in [1.807, 2.05) is 19.1 Å². The summed E-state index contributed by atoms with van der Waals surface area (Å²) < 4.78 is 38.9. The topological polar surface area (TPSA) is 24.7 Å². The van der Waals surface area contributed by atoms with E-state index in [4.69, 9.17) is 23.2 Å². The Morgan fingerprint density at radius 3 is 2.67 bits per heavy atom. The second-order valence-corrected chi connectivity index (χ2v) is 10.8. The summed E-state index contributed by atoms with van der Waals surface area (Å²) in [4.78, 5) is 9.11. The van der Waals surface area contributed by atoms with E-state index in [-0.39, 0.29) is 24.0 Å². The van der Waals surface area contributed by atoms with E-state index in [1.54, 1.807) is 11.8 Å². The molecule has 4 unspecified atom stereocenters. The highest BCUT2D eigenvalue weighted by Crippen LogP contribution is 2.47. The molecule has 0 aromatic carbocycles. The Kier molecular flexibility index (Phi) is 6.46. The molecule has 3 aliphatic rings. The van der Waals surface area contributed by atoms with Crippen molar-refractivity contribution in [2.75, 3.05) is 5.75 Å². The highest BCUT2D eigenvalue weighted by atomic mass is 127. The van der Waals surface area contributed by atoms with Crippen LogP contribution in [-0.2, 0) is 0 Å². The van der Waals surface area contributed by atoms with Crippen LogP contribution in [-0.4, -0.2) is 37.6 Å². The normalized spacial score (nSPS) is 34.1. The molecule has 1 heterocycles. The molecule has 0 amide bonds. The van der Waals surface area contributed by atoms with Crippen LogP contribution in [0.15, 0.2) is 44.4 Å². The molecule has 27 heavy (non-hydrogen) atoms. The quantitative estimate of drug-likeness (QED) is 0.219. The van der Waals surface area contributed by atoms with Gasteiger partial charge in [-0.05, 0) is 24.7 Å². The molecule has 1 aliphatic heterocycles. The molecule has 0 bridgehead atoms. The smallest absolute Gasteiger partial charge is 0.257 e. The molecule has 3 rings (SSSR count). The lowest BCUT2D eigenvalue weighted by molar-refractivity contribution is -0.0952. The Morgan fingerprint density at radius 2 is 2.04 bits per heavy atom. The molecular weight excluding hydrogens is 531 g/mol. The lowest BCUT2D eigenvalue weighted by Crippen LogP contribution is -2.46. The summed E-state index contributed by atoms with van der Waals surface area (Å²) in [7, 11) is 0. The zero-order chi connectivity index (χ0) is 20.0. The minimum absolute atomic E-state index is 0.0378. The van der Waals surface area contributed by atoms with Gasteiger partial charge in [0.2, 0.25) is 0 Å². The first-order chi connectivity index (χ1) is 12.6. The lowest BCUT2D eigenvalue weighted by atomic mass is 9.84. The highest BCUT2D eigenvalue weighted by Gasteiger charge is 2.49. The Balaban J connectivity index is 2.04. The molecule has 0 saturated carbocycles. The van der Waals surface area contributed by atoms with Crippen LogP contribution in [0.2, 0.25) is 0 Å². The van der Waals surface area contributed by atoms with Gasteiger partial charge in [-0.15, -0.1) is 0 Å². The fraction of sp³-hybridized carbons (Fsp3) is 0.556. The van der Waals surface area contributed by atoms with E-state index >= 15 is 0 Å². The molecular formula is C18H18Cl2F3IN2S. The average Bonchev–Trinajstić information content (AvgIpc) is 2.59. The number of fused-ring (bicyclic) bond motifs is 1. The first-order valence-corrected chi connectivity index (χ1v) is 11.4. The summed E-state index contributed by atoms with van der Waals surface area (Å²) in [6.45, 7) is 4.08. The molecule has 0 aromatic rings. The number of halogens is 6. The van der Waals surface area contributed by atoms with Gasteiger partial charge in [0.05, 0.1) is 6.04 Å². The number of hydrogen-bond acceptors (Lipinski definition) is 3. The second kappa shape index (κ2) is 8.03. The van der Waals surface area contributed by atoms with E-state index in [2.05, 4.69) is 39.5 Å². The summed E-state index contributed by atoms with van der Waals surface area (Å²) in [5.74, 6) is 1.36. The average molecular weight is 549 g/mol. The van der Waals surface area contributed by atoms with Crippen molar-refractivity contribution < 1.29 is 13.2 Å². The standard InChI is InChI=1S/C18H18Cl2F3IN2S/c1-3-27-14-9(2)12(19)5-4-11(14)15-25-13-8-10(18(21,22)23)6-7-17(13,24)16(20)26-15/h4-5,8-9,13-14H,3,6-7H2,1-2H3. The van der Waals surface area contributed by atoms with Gasteiger partial charge >= 0.3 is 6.18 Å². The first-order valence-electron chi connectivity index (χ1n) is 8.56. The molecule has 0 aromatic heterocycles. The zero-order valence-corrected chi connectivity index (χ0v) is 19.1. The fourth-order valence-corrected chi connectivity index (χ4v) is 5.82. The van der Waals surface area contributed by atoms with Crippen molar-refractivity contribution in [2.24, 2.45) is 15.9 Å². The van der Waals surface area contributed by atoms with E-state index in [0.29, 0.717) is 11.0 Å². The minimum atomic E-state index is -4.34. The Bertz CT molecular complexity index is 788. The van der Waals surface area contributed by atoms with Gasteiger partial charge in [0.15, 0.2) is 5.84 Å². The van der Waals surface area contributed by atoms with Gasteiger partial charge in [0, 0.05) is 27.3 Å². The van der Waals surface area contributed by atoms with Crippen molar-refractivity contribution in [1.82, 2.24) is 0 Å². The van der Waals surface area contributed by atoms with Crippen molar-refractivity contribution >= 4 is 68.6 Å². The van der Waals surface area contributed by atoms with Crippen molar-refractivity contribution in [3.05, 3.63) is 34.4 Å². The summed E-state index contributed by atoms with van der Waals surface area (Å²) >= 11 is 16.6. The Morgan fingerprint density at radius 1 is 1.33 bits per heavy atom. The van der Waals surface area contributed by atoms with Crippen LogP contribution in [0.3, 0.4) is 0 Å². The third-order valence-electron chi connectivity index (χ3n) is 4.98. The zero-order valence-electron chi connectivity index (χ0n) is 14.7. The Hall–Kier alpha value is 0.01000. The number of aliphatic imine (C=N–C) groups is 2. The van der Waals surface area contributed by atoms with E-state index in [0.717, 1.165) is 16.4 Å². The number of allylic oxidation sites excluding steroid dienone is 4. The largest absolute Gasteiger partial charge is 0.412 e. The van der Waals surface area contributed by atoms with Crippen molar-refractivity contribution in [2.45, 2.75) is 47.6 Å². The maximum atomic E-state index is 13.2. The molecule has 0 fully saturated rings. The number of amidine groups is 1. The monoisotopic (exact) mass is 548 g/mol. The van der Waals surface area contributed by atoms with E-state index in [9.17, 15) is 13.2 Å². The predicted octanol–water partition coefficient (Wildman–Crippen LogP) is 6.68. The number of nitrogens with zero attached hydrogens (tertiary/aromatic N) is 2. The third-order valence-corrected chi connectivity index (χ3v) is 9.23. The summed E-state index contributed by atoms with van der Waals surface area (Å²) in [6.07, 6.45) is 0.723. The fourth-order valence-electron chi connectivity index (χ4n) is 3.40. The molecule has 2 nitrogen and oxygen atoms in total. The van der Waals surface area contributed by atoms with Crippen molar-refractivity contribution in [1.29, 1.82) is 0 Å². The van der Waals surface area contributed by atoms with Gasteiger partial charge in [0.1, 0.15) is 8.59 Å². The van der Waals surface area contributed by atoms with Gasteiger partial charge in [0.25, 0.3) is 0 Å². The maximum Gasteiger partial charge on any atom is 0.412 e. The number of hydrogen-bond donors (Lipinski definition) is 0. The number of alkyl halides is 4. The molecule has 148 valence electrons. The van der Waals surface area contributed by atoms with E-state index < -0.39 is 21.2 Å². The van der Waals surface area contributed by atoms with Crippen LogP contribution in [0.4, 0.5) is 13.2 Å². The second-order valence-electron chi connectivity index (χ2n) is 6.69. The van der Waals surface area contributed by atoms with Gasteiger partial charge in [-0.1, -0.05) is 71.8 Å². The van der Waals surface area contributed by atoms with Crippen LogP contribution in [0, 0.1) is 5.92 Å². The van der Waals surface area contributed by atoms with Crippen molar-refractivity contribution in [3.63, 3.8) is 0 Å². The van der Waals surface area contributed by atoms with Gasteiger partial charge in [-0.25, -0.2) is 4.99 Å². The third kappa shape index (κ3) is 4.16. The predicted molar refractivity (Wildman–Crippen MR) is 118 cm³/mol. The maximum absolute atomic E-state index is 13.2. The summed E-state index contributed by atoms with van der Waals surface area (Å²) in [5.41, 5.74) is 0.325. The van der Waals surface area contributed by atoms with Gasteiger partial charge < -0.3 is 0 Å². The SMILES string of the molecule is CCSC1C(C2=NC3C=C(C(F)(F)F)CCC3(I)C(Cl)=N2)=CC=C(Cl)C1C.